The first kappa shape index (κ1) is 28.2. The Balaban J connectivity index is 2.02. The number of carbonyl (C=O) groups excluding carboxylic acids is 4. The van der Waals surface area contributed by atoms with E-state index >= 15 is 0 Å². The predicted octanol–water partition coefficient (Wildman–Crippen LogP) is 5.74. The fourth-order valence-electron chi connectivity index (χ4n) is 2.40. The Morgan fingerprint density at radius 3 is 1.25 bits per heavy atom. The number of benzene rings is 2. The Kier molecular flexibility index (Phi) is 9.43. The van der Waals surface area contributed by atoms with Crippen molar-refractivity contribution in [2.24, 2.45) is 10.8 Å². The van der Waals surface area contributed by atoms with Crippen molar-refractivity contribution in [2.75, 3.05) is 13.2 Å². The van der Waals surface area contributed by atoms with Crippen LogP contribution in [0.2, 0.25) is 0 Å². The molecule has 0 aliphatic rings. The first-order valence-electron chi connectivity index (χ1n) is 11.1. The quantitative estimate of drug-likeness (QED) is 0.209. The standard InChI is InChI=1S/C26H30O10/c1-25(2,3)15-31-23(29)33-19-13-9-7-11-17(19)21(27)35-36-22(28)18-12-8-10-14-20(18)34-24(30)32-16-26(4,5)6/h7-14H,15-16H2,1-6H3. The molecule has 0 N–H and O–H groups in total. The van der Waals surface area contributed by atoms with Gasteiger partial charge in [0.25, 0.3) is 0 Å². The van der Waals surface area contributed by atoms with Crippen LogP contribution in [0.3, 0.4) is 0 Å². The lowest BCUT2D eigenvalue weighted by molar-refractivity contribution is -0.187. The SMILES string of the molecule is CC(C)(C)COC(=O)Oc1ccccc1C(=O)OOC(=O)c1ccccc1OC(=O)OCC(C)(C)C. The third-order valence-electron chi connectivity index (χ3n) is 4.04. The van der Waals surface area contributed by atoms with Crippen molar-refractivity contribution in [1.29, 1.82) is 0 Å². The molecule has 10 nitrogen and oxygen atoms in total. The van der Waals surface area contributed by atoms with Crippen molar-refractivity contribution in [2.45, 2.75) is 41.5 Å². The molecule has 2 aromatic rings. The number of ether oxygens (including phenoxy) is 4. The second-order valence-electron chi connectivity index (χ2n) is 10.1. The molecular formula is C26H30O10. The maximum Gasteiger partial charge on any atom is 0.513 e. The van der Waals surface area contributed by atoms with Crippen molar-refractivity contribution in [1.82, 2.24) is 0 Å². The zero-order valence-electron chi connectivity index (χ0n) is 21.1. The molecule has 0 saturated carbocycles. The Bertz CT molecular complexity index is 1000. The minimum Gasteiger partial charge on any atom is -0.433 e. The molecule has 0 aromatic heterocycles. The molecule has 0 fully saturated rings. The van der Waals surface area contributed by atoms with Crippen molar-refractivity contribution in [3.63, 3.8) is 0 Å². The van der Waals surface area contributed by atoms with Gasteiger partial charge in [-0.3, -0.25) is 0 Å². The fourth-order valence-corrected chi connectivity index (χ4v) is 2.40. The van der Waals surface area contributed by atoms with E-state index in [0.29, 0.717) is 0 Å². The Labute approximate surface area is 209 Å². The lowest BCUT2D eigenvalue weighted by Gasteiger charge is -2.17. The van der Waals surface area contributed by atoms with E-state index in [2.05, 4.69) is 9.78 Å². The van der Waals surface area contributed by atoms with Crippen molar-refractivity contribution < 1.29 is 47.9 Å². The Morgan fingerprint density at radius 1 is 0.583 bits per heavy atom. The summed E-state index contributed by atoms with van der Waals surface area (Å²) in [5.41, 5.74) is -0.939. The third kappa shape index (κ3) is 9.65. The van der Waals surface area contributed by atoms with Crippen LogP contribution in [0.4, 0.5) is 9.59 Å². The fraction of sp³-hybridized carbons (Fsp3) is 0.385. The van der Waals surface area contributed by atoms with Gasteiger partial charge in [0.15, 0.2) is 0 Å². The van der Waals surface area contributed by atoms with Gasteiger partial charge in [-0.2, -0.15) is 0 Å². The van der Waals surface area contributed by atoms with Gasteiger partial charge in [0.2, 0.25) is 0 Å². The van der Waals surface area contributed by atoms with Crippen molar-refractivity contribution >= 4 is 24.2 Å². The first-order valence-corrected chi connectivity index (χ1v) is 11.1. The number of hydrogen-bond donors (Lipinski definition) is 0. The second kappa shape index (κ2) is 12.1. The highest BCUT2D eigenvalue weighted by Gasteiger charge is 2.24. The number of hydrogen-bond acceptors (Lipinski definition) is 10. The molecular weight excluding hydrogens is 472 g/mol. The van der Waals surface area contributed by atoms with Gasteiger partial charge in [0, 0.05) is 0 Å². The third-order valence-corrected chi connectivity index (χ3v) is 4.04. The molecule has 0 heterocycles. The summed E-state index contributed by atoms with van der Waals surface area (Å²) in [4.78, 5) is 58.2. The van der Waals surface area contributed by atoms with Gasteiger partial charge >= 0.3 is 24.2 Å². The molecule has 2 rings (SSSR count). The van der Waals surface area contributed by atoms with Gasteiger partial charge in [-0.25, -0.2) is 29.0 Å². The van der Waals surface area contributed by atoms with Gasteiger partial charge < -0.3 is 18.9 Å². The van der Waals surface area contributed by atoms with E-state index in [-0.39, 0.29) is 46.7 Å². The highest BCUT2D eigenvalue weighted by Crippen LogP contribution is 2.23. The van der Waals surface area contributed by atoms with Crippen LogP contribution in [0.1, 0.15) is 62.3 Å². The zero-order chi connectivity index (χ0) is 26.9. The monoisotopic (exact) mass is 502 g/mol. The number of carbonyl (C=O) groups is 4. The summed E-state index contributed by atoms with van der Waals surface area (Å²) in [5.74, 6) is -2.51. The van der Waals surface area contributed by atoms with Crippen LogP contribution in [0, 0.1) is 10.8 Å². The molecule has 0 aliphatic carbocycles. The van der Waals surface area contributed by atoms with E-state index in [4.69, 9.17) is 18.9 Å². The van der Waals surface area contributed by atoms with E-state index in [0.717, 1.165) is 0 Å². The van der Waals surface area contributed by atoms with Crippen LogP contribution in [0.15, 0.2) is 48.5 Å². The average Bonchev–Trinajstić information content (AvgIpc) is 2.79. The lowest BCUT2D eigenvalue weighted by atomic mass is 9.99. The molecule has 194 valence electrons. The van der Waals surface area contributed by atoms with Crippen LogP contribution >= 0.6 is 0 Å². The summed E-state index contributed by atoms with van der Waals surface area (Å²) in [6, 6.07) is 11.4. The Hall–Kier alpha value is -4.08. The second-order valence-corrected chi connectivity index (χ2v) is 10.1. The molecule has 2 aromatic carbocycles. The van der Waals surface area contributed by atoms with Gasteiger partial charge in [0.05, 0.1) is 13.2 Å². The topological polar surface area (TPSA) is 124 Å². The molecule has 0 radical (unpaired) electrons. The summed E-state index contributed by atoms with van der Waals surface area (Å²) >= 11 is 0. The maximum atomic E-state index is 12.5. The van der Waals surface area contributed by atoms with E-state index in [1.165, 1.54) is 48.5 Å². The molecule has 0 aliphatic heterocycles. The largest absolute Gasteiger partial charge is 0.513 e. The summed E-state index contributed by atoms with van der Waals surface area (Å²) in [7, 11) is 0. The van der Waals surface area contributed by atoms with Crippen LogP contribution in [0.5, 0.6) is 11.5 Å². The molecule has 10 heteroatoms. The molecule has 0 bridgehead atoms. The van der Waals surface area contributed by atoms with Crippen molar-refractivity contribution in [3.8, 4) is 11.5 Å². The van der Waals surface area contributed by atoms with E-state index in [1.54, 1.807) is 0 Å². The molecule has 36 heavy (non-hydrogen) atoms. The summed E-state index contributed by atoms with van der Waals surface area (Å²) in [6.07, 6.45) is -2.02. The summed E-state index contributed by atoms with van der Waals surface area (Å²) < 4.78 is 20.2. The zero-order valence-corrected chi connectivity index (χ0v) is 21.1. The first-order chi connectivity index (χ1) is 16.7. The van der Waals surface area contributed by atoms with Crippen LogP contribution in [-0.2, 0) is 19.2 Å². The van der Waals surface area contributed by atoms with Gasteiger partial charge in [-0.05, 0) is 35.1 Å². The predicted molar refractivity (Wildman–Crippen MR) is 127 cm³/mol. The number of para-hydroxylation sites is 2. The minimum atomic E-state index is -1.11. The lowest BCUT2D eigenvalue weighted by Crippen LogP contribution is -2.22. The van der Waals surface area contributed by atoms with Gasteiger partial charge in [0.1, 0.15) is 22.6 Å². The Morgan fingerprint density at radius 2 is 0.917 bits per heavy atom. The van der Waals surface area contributed by atoms with Gasteiger partial charge in [-0.1, -0.05) is 65.8 Å². The molecule has 0 amide bonds. The van der Waals surface area contributed by atoms with Crippen molar-refractivity contribution in [3.05, 3.63) is 59.7 Å². The van der Waals surface area contributed by atoms with Crippen LogP contribution in [-0.4, -0.2) is 37.5 Å². The molecule has 0 unspecified atom stereocenters. The van der Waals surface area contributed by atoms with E-state index in [9.17, 15) is 19.2 Å². The van der Waals surface area contributed by atoms with Crippen LogP contribution < -0.4 is 9.47 Å². The highest BCUT2D eigenvalue weighted by molar-refractivity contribution is 5.96. The van der Waals surface area contributed by atoms with Crippen LogP contribution in [0.25, 0.3) is 0 Å². The average molecular weight is 503 g/mol. The molecule has 0 spiro atoms. The number of rotatable bonds is 6. The molecule has 0 saturated heterocycles. The van der Waals surface area contributed by atoms with E-state index < -0.39 is 24.2 Å². The normalized spacial score (nSPS) is 11.2. The maximum absolute atomic E-state index is 12.5. The molecule has 0 atom stereocenters. The summed E-state index contributed by atoms with van der Waals surface area (Å²) in [5, 5.41) is 0. The van der Waals surface area contributed by atoms with Gasteiger partial charge in [-0.15, -0.1) is 0 Å². The highest BCUT2D eigenvalue weighted by atomic mass is 17.2. The minimum absolute atomic E-state index is 0.0985. The summed E-state index contributed by atoms with van der Waals surface area (Å²) in [6.45, 7) is 11.4. The van der Waals surface area contributed by atoms with E-state index in [1.807, 2.05) is 41.5 Å². The smallest absolute Gasteiger partial charge is 0.433 e.